The zero-order valence-corrected chi connectivity index (χ0v) is 7.07. The smallest absolute Gasteiger partial charge is 0.0702 e. The van der Waals surface area contributed by atoms with Crippen molar-refractivity contribution in [2.75, 3.05) is 5.73 Å². The van der Waals surface area contributed by atoms with E-state index in [0.717, 1.165) is 16.3 Å². The molecule has 0 saturated carbocycles. The highest BCUT2D eigenvalue weighted by molar-refractivity contribution is 5.93. The predicted molar refractivity (Wildman–Crippen MR) is 52.1 cm³/mol. The number of nitrogen functional groups attached to an aromatic ring is 1. The first-order valence-electron chi connectivity index (χ1n) is 4.05. The van der Waals surface area contributed by atoms with Crippen LogP contribution in [0.5, 0.6) is 0 Å². The first kappa shape index (κ1) is 8.01. The molecular weight excluding hydrogens is 164 g/mol. The summed E-state index contributed by atoms with van der Waals surface area (Å²) in [6.45, 7) is -0.0237. The third-order valence-corrected chi connectivity index (χ3v) is 2.12. The van der Waals surface area contributed by atoms with Crippen LogP contribution in [0.15, 0.2) is 30.6 Å². The summed E-state index contributed by atoms with van der Waals surface area (Å²) in [5, 5.41) is 10.9. The number of rotatable bonds is 1. The maximum absolute atomic E-state index is 8.98. The normalized spacial score (nSPS) is 10.5. The minimum atomic E-state index is -0.0237. The summed E-state index contributed by atoms with van der Waals surface area (Å²) >= 11 is 0. The van der Waals surface area contributed by atoms with E-state index in [2.05, 4.69) is 4.98 Å². The van der Waals surface area contributed by atoms with Crippen LogP contribution in [0.3, 0.4) is 0 Å². The Morgan fingerprint density at radius 3 is 2.92 bits per heavy atom. The number of nitrogens with zero attached hydrogens (tertiary/aromatic N) is 1. The van der Waals surface area contributed by atoms with Gasteiger partial charge in [0.2, 0.25) is 0 Å². The minimum Gasteiger partial charge on any atom is -0.398 e. The number of pyridine rings is 1. The molecule has 0 aliphatic heterocycles. The Morgan fingerprint density at radius 2 is 2.15 bits per heavy atom. The van der Waals surface area contributed by atoms with Crippen LogP contribution in [-0.2, 0) is 6.61 Å². The predicted octanol–water partition coefficient (Wildman–Crippen LogP) is 1.31. The van der Waals surface area contributed by atoms with Crippen molar-refractivity contribution >= 4 is 16.5 Å². The second kappa shape index (κ2) is 3.03. The van der Waals surface area contributed by atoms with Crippen molar-refractivity contribution in [2.45, 2.75) is 6.61 Å². The largest absolute Gasteiger partial charge is 0.398 e. The van der Waals surface area contributed by atoms with Crippen LogP contribution < -0.4 is 5.73 Å². The highest BCUT2D eigenvalue weighted by Crippen LogP contribution is 2.23. The molecule has 1 heterocycles. The number of benzene rings is 1. The van der Waals surface area contributed by atoms with Crippen molar-refractivity contribution in [3.8, 4) is 0 Å². The summed E-state index contributed by atoms with van der Waals surface area (Å²) in [6, 6.07) is 5.58. The van der Waals surface area contributed by atoms with Crippen LogP contribution in [0.1, 0.15) is 5.56 Å². The number of anilines is 1. The molecule has 0 atom stereocenters. The molecule has 0 aliphatic rings. The van der Waals surface area contributed by atoms with E-state index in [1.165, 1.54) is 0 Å². The summed E-state index contributed by atoms with van der Waals surface area (Å²) in [6.07, 6.45) is 3.45. The highest BCUT2D eigenvalue weighted by Gasteiger charge is 2.02. The van der Waals surface area contributed by atoms with Gasteiger partial charge in [-0.15, -0.1) is 0 Å². The number of hydrogen-bond acceptors (Lipinski definition) is 3. The lowest BCUT2D eigenvalue weighted by molar-refractivity contribution is 0.282. The van der Waals surface area contributed by atoms with Crippen LogP contribution in [0.2, 0.25) is 0 Å². The van der Waals surface area contributed by atoms with Gasteiger partial charge in [-0.3, -0.25) is 4.98 Å². The molecule has 0 amide bonds. The molecule has 0 unspecified atom stereocenters. The maximum Gasteiger partial charge on any atom is 0.0702 e. The fraction of sp³-hybridized carbons (Fsp3) is 0.100. The lowest BCUT2D eigenvalue weighted by Gasteiger charge is -2.05. The molecule has 1 aromatic heterocycles. The molecule has 0 bridgehead atoms. The summed E-state index contributed by atoms with van der Waals surface area (Å²) in [5.41, 5.74) is 7.25. The van der Waals surface area contributed by atoms with Crippen LogP contribution in [0.25, 0.3) is 10.8 Å². The lowest BCUT2D eigenvalue weighted by Crippen LogP contribution is -1.95. The Hall–Kier alpha value is -1.61. The van der Waals surface area contributed by atoms with Gasteiger partial charge in [-0.25, -0.2) is 0 Å². The van der Waals surface area contributed by atoms with Gasteiger partial charge in [-0.1, -0.05) is 12.1 Å². The van der Waals surface area contributed by atoms with Gasteiger partial charge in [0.15, 0.2) is 0 Å². The van der Waals surface area contributed by atoms with E-state index in [-0.39, 0.29) is 6.61 Å². The molecule has 66 valence electrons. The first-order valence-corrected chi connectivity index (χ1v) is 4.05. The number of hydrogen-bond donors (Lipinski definition) is 2. The second-order valence-corrected chi connectivity index (χ2v) is 2.89. The fourth-order valence-electron chi connectivity index (χ4n) is 1.38. The SMILES string of the molecule is Nc1c(CO)ccc2cnccc12. The quantitative estimate of drug-likeness (QED) is 0.641. The maximum atomic E-state index is 8.98. The third kappa shape index (κ3) is 1.23. The van der Waals surface area contributed by atoms with Gasteiger partial charge in [-0.05, 0) is 6.07 Å². The molecule has 0 aliphatic carbocycles. The van der Waals surface area contributed by atoms with Crippen molar-refractivity contribution in [1.29, 1.82) is 0 Å². The number of nitrogens with two attached hydrogens (primary N) is 1. The molecule has 13 heavy (non-hydrogen) atoms. The summed E-state index contributed by atoms with van der Waals surface area (Å²) in [7, 11) is 0. The molecule has 0 saturated heterocycles. The van der Waals surface area contributed by atoms with Gasteiger partial charge in [0.1, 0.15) is 0 Å². The fourth-order valence-corrected chi connectivity index (χ4v) is 1.38. The van der Waals surface area contributed by atoms with E-state index in [0.29, 0.717) is 5.69 Å². The van der Waals surface area contributed by atoms with Crippen molar-refractivity contribution in [1.82, 2.24) is 4.98 Å². The second-order valence-electron chi connectivity index (χ2n) is 2.89. The molecule has 1 aromatic carbocycles. The van der Waals surface area contributed by atoms with Gasteiger partial charge >= 0.3 is 0 Å². The van der Waals surface area contributed by atoms with E-state index in [9.17, 15) is 0 Å². The Kier molecular flexibility index (Phi) is 1.87. The van der Waals surface area contributed by atoms with Crippen LogP contribution >= 0.6 is 0 Å². The molecule has 0 fully saturated rings. The van der Waals surface area contributed by atoms with Crippen molar-refractivity contribution < 1.29 is 5.11 Å². The van der Waals surface area contributed by atoms with E-state index in [1.807, 2.05) is 18.2 Å². The highest BCUT2D eigenvalue weighted by atomic mass is 16.3. The topological polar surface area (TPSA) is 59.1 Å². The van der Waals surface area contributed by atoms with Crippen molar-refractivity contribution in [3.63, 3.8) is 0 Å². The van der Waals surface area contributed by atoms with Gasteiger partial charge in [0.25, 0.3) is 0 Å². The van der Waals surface area contributed by atoms with E-state index < -0.39 is 0 Å². The molecule has 3 heteroatoms. The number of aliphatic hydroxyl groups excluding tert-OH is 1. The molecule has 0 radical (unpaired) electrons. The van der Waals surface area contributed by atoms with Gasteiger partial charge in [-0.2, -0.15) is 0 Å². The summed E-state index contributed by atoms with van der Waals surface area (Å²) in [4.78, 5) is 3.99. The zero-order chi connectivity index (χ0) is 9.26. The monoisotopic (exact) mass is 174 g/mol. The summed E-state index contributed by atoms with van der Waals surface area (Å²) < 4.78 is 0. The molecule has 2 rings (SSSR count). The zero-order valence-electron chi connectivity index (χ0n) is 7.07. The summed E-state index contributed by atoms with van der Waals surface area (Å²) in [5.74, 6) is 0. The van der Waals surface area contributed by atoms with Crippen molar-refractivity contribution in [2.24, 2.45) is 0 Å². The Bertz CT molecular complexity index is 440. The first-order chi connectivity index (χ1) is 6.33. The third-order valence-electron chi connectivity index (χ3n) is 2.12. The molecule has 3 nitrogen and oxygen atoms in total. The van der Waals surface area contributed by atoms with Gasteiger partial charge in [0.05, 0.1) is 6.61 Å². The Balaban J connectivity index is 2.79. The number of fused-ring (bicyclic) bond motifs is 1. The van der Waals surface area contributed by atoms with Crippen LogP contribution in [0, 0.1) is 0 Å². The van der Waals surface area contributed by atoms with E-state index >= 15 is 0 Å². The number of aromatic nitrogens is 1. The van der Waals surface area contributed by atoms with E-state index in [4.69, 9.17) is 10.8 Å². The average molecular weight is 174 g/mol. The Labute approximate surface area is 75.8 Å². The molecule has 0 spiro atoms. The molecule has 2 aromatic rings. The molecule has 3 N–H and O–H groups in total. The van der Waals surface area contributed by atoms with Crippen LogP contribution in [-0.4, -0.2) is 10.1 Å². The average Bonchev–Trinajstić information content (AvgIpc) is 2.19. The number of aliphatic hydroxyl groups is 1. The van der Waals surface area contributed by atoms with Gasteiger partial charge in [0, 0.05) is 34.4 Å². The van der Waals surface area contributed by atoms with E-state index in [1.54, 1.807) is 12.4 Å². The molecular formula is C10H10N2O. The van der Waals surface area contributed by atoms with Gasteiger partial charge < -0.3 is 10.8 Å². The standard InChI is InChI=1S/C10H10N2O/c11-10-8(6-13)2-1-7-5-12-4-3-9(7)10/h1-5,13H,6,11H2. The Morgan fingerprint density at radius 1 is 1.31 bits per heavy atom. The minimum absolute atomic E-state index is 0.0237. The van der Waals surface area contributed by atoms with Crippen LogP contribution in [0.4, 0.5) is 5.69 Å². The lowest BCUT2D eigenvalue weighted by atomic mass is 10.1. The van der Waals surface area contributed by atoms with Crippen molar-refractivity contribution in [3.05, 3.63) is 36.2 Å².